The summed E-state index contributed by atoms with van der Waals surface area (Å²) in [7, 11) is 0. The van der Waals surface area contributed by atoms with Gasteiger partial charge in [-0.15, -0.1) is 0 Å². The van der Waals surface area contributed by atoms with Gasteiger partial charge in [-0.2, -0.15) is 0 Å². The van der Waals surface area contributed by atoms with E-state index in [2.05, 4.69) is 12.2 Å². The fourth-order valence-electron chi connectivity index (χ4n) is 1.32. The highest BCUT2D eigenvalue weighted by molar-refractivity contribution is 8.44. The quantitative estimate of drug-likeness (QED) is 0.330. The molecule has 6 N–H and O–H groups in total. The molecule has 0 aliphatic heterocycles. The average molecular weight is 353 g/mol. The van der Waals surface area contributed by atoms with Gasteiger partial charge in [0.25, 0.3) is 0 Å². The second kappa shape index (κ2) is 9.52. The molecule has 1 unspecified atom stereocenters. The lowest BCUT2D eigenvalue weighted by Crippen LogP contribution is -2.50. The van der Waals surface area contributed by atoms with Gasteiger partial charge in [-0.3, -0.25) is 0 Å². The molecule has 0 radical (unpaired) electrons. The van der Waals surface area contributed by atoms with Gasteiger partial charge < -0.3 is 30.5 Å². The van der Waals surface area contributed by atoms with Crippen LogP contribution in [0.25, 0.3) is 0 Å². The Balaban J connectivity index is 0.000000472. The van der Waals surface area contributed by atoms with Crippen LogP contribution in [0.3, 0.4) is 0 Å². The van der Waals surface area contributed by atoms with Crippen molar-refractivity contribution in [2.45, 2.75) is 25.3 Å². The van der Waals surface area contributed by atoms with Crippen molar-refractivity contribution in [2.75, 3.05) is 19.8 Å². The molecule has 0 amide bonds. The summed E-state index contributed by atoms with van der Waals surface area (Å²) < 4.78 is 15.8. The zero-order chi connectivity index (χ0) is 17.4. The number of hydrogen-bond acceptors (Lipinski definition) is 6. The van der Waals surface area contributed by atoms with Crippen molar-refractivity contribution in [3.05, 3.63) is 29.8 Å². The van der Waals surface area contributed by atoms with E-state index in [0.29, 0.717) is 5.75 Å². The Morgan fingerprint density at radius 1 is 1.23 bits per heavy atom. The Hall–Kier alpha value is -0.600. The lowest BCUT2D eigenvalue weighted by molar-refractivity contribution is 0.0697. The maximum absolute atomic E-state index is 11.0. The normalized spacial score (nSPS) is 14.0. The maximum Gasteiger partial charge on any atom is 0.434 e. The molecule has 0 fully saturated rings. The molecule has 1 atom stereocenters. The van der Waals surface area contributed by atoms with E-state index in [0.717, 1.165) is 5.56 Å². The molecule has 128 valence electrons. The third kappa shape index (κ3) is 8.14. The van der Waals surface area contributed by atoms with Crippen molar-refractivity contribution in [3.63, 3.8) is 0 Å². The standard InChI is InChI=1S/C9H13O3PS.C4H11NO3/c1-7(2)8-5-3-4-6-9(8)12-13(10,11)14;5-4(1-6,2-7)3-8/h3-7H,1-2H3,(H2,10,11,14);6-8H,1-3,5H2. The predicted molar refractivity (Wildman–Crippen MR) is 88.1 cm³/mol. The van der Waals surface area contributed by atoms with Gasteiger partial charge in [0.15, 0.2) is 0 Å². The molecule has 9 heteroatoms. The largest absolute Gasteiger partial charge is 0.434 e. The van der Waals surface area contributed by atoms with E-state index in [9.17, 15) is 4.57 Å². The first-order chi connectivity index (χ1) is 10.1. The molecule has 0 saturated carbocycles. The predicted octanol–water partition coefficient (Wildman–Crippen LogP) is 0.880. The Kier molecular flexibility index (Phi) is 9.26. The van der Waals surface area contributed by atoms with Gasteiger partial charge in [0.1, 0.15) is 5.75 Å². The topological polar surface area (TPSA) is 133 Å². The highest BCUT2D eigenvalue weighted by Gasteiger charge is 2.20. The van der Waals surface area contributed by atoms with Gasteiger partial charge in [0.2, 0.25) is 0 Å². The maximum atomic E-state index is 11.0. The highest BCUT2D eigenvalue weighted by atomic mass is 32.7. The molecule has 1 rings (SSSR count). The summed E-state index contributed by atoms with van der Waals surface area (Å²) in [6, 6.07) is 7.14. The molecule has 0 aliphatic rings. The van der Waals surface area contributed by atoms with Gasteiger partial charge in [-0.05, 0) is 29.8 Å². The van der Waals surface area contributed by atoms with Gasteiger partial charge in [-0.25, -0.2) is 4.57 Å². The zero-order valence-electron chi connectivity index (χ0n) is 12.6. The van der Waals surface area contributed by atoms with E-state index < -0.39 is 32.2 Å². The van der Waals surface area contributed by atoms with Crippen LogP contribution in [0.1, 0.15) is 25.3 Å². The van der Waals surface area contributed by atoms with Crippen molar-refractivity contribution in [1.29, 1.82) is 0 Å². The molecule has 1 aromatic rings. The number of hydrogen-bond donors (Lipinski definition) is 6. The van der Waals surface area contributed by atoms with Crippen molar-refractivity contribution in [3.8, 4) is 5.75 Å². The summed E-state index contributed by atoms with van der Waals surface area (Å²) in [6.45, 7) is -0.990. The van der Waals surface area contributed by atoms with E-state index in [4.69, 9.17) is 30.5 Å². The minimum Gasteiger partial charge on any atom is -0.417 e. The third-order valence-electron chi connectivity index (χ3n) is 2.70. The van der Waals surface area contributed by atoms with Crippen LogP contribution in [0.15, 0.2) is 24.3 Å². The second-order valence-corrected chi connectivity index (χ2v) is 7.79. The van der Waals surface area contributed by atoms with E-state index in [1.807, 2.05) is 26.0 Å². The van der Waals surface area contributed by atoms with E-state index >= 15 is 0 Å². The van der Waals surface area contributed by atoms with Crippen LogP contribution < -0.4 is 10.3 Å². The van der Waals surface area contributed by atoms with E-state index in [1.165, 1.54) is 0 Å². The zero-order valence-corrected chi connectivity index (χ0v) is 14.4. The van der Waals surface area contributed by atoms with Crippen molar-refractivity contribution < 1.29 is 29.3 Å². The highest BCUT2D eigenvalue weighted by Crippen LogP contribution is 2.48. The molecule has 22 heavy (non-hydrogen) atoms. The van der Waals surface area contributed by atoms with Crippen LogP contribution in [0.2, 0.25) is 0 Å². The first kappa shape index (κ1) is 21.4. The van der Waals surface area contributed by atoms with Gasteiger partial charge in [0, 0.05) is 0 Å². The number of nitrogens with two attached hydrogens (primary N) is 1. The Morgan fingerprint density at radius 2 is 1.68 bits per heavy atom. The number of aliphatic hydroxyl groups is 3. The SMILES string of the molecule is CC(C)c1ccccc1OP(=O)(O)S.NC(CO)(CO)CO. The summed E-state index contributed by atoms with van der Waals surface area (Å²) in [6.07, 6.45) is 0. The molecule has 0 bridgehead atoms. The van der Waals surface area contributed by atoms with Crippen LogP contribution in [0, 0.1) is 0 Å². The molecule has 0 aliphatic carbocycles. The molecule has 0 spiro atoms. The smallest absolute Gasteiger partial charge is 0.417 e. The molecular weight excluding hydrogens is 329 g/mol. The molecule has 0 aromatic heterocycles. The van der Waals surface area contributed by atoms with Crippen molar-refractivity contribution in [2.24, 2.45) is 5.73 Å². The fraction of sp³-hybridized carbons (Fsp3) is 0.538. The van der Waals surface area contributed by atoms with Crippen molar-refractivity contribution in [1.82, 2.24) is 0 Å². The molecule has 0 heterocycles. The van der Waals surface area contributed by atoms with Gasteiger partial charge in [0.05, 0.1) is 25.4 Å². The summed E-state index contributed by atoms with van der Waals surface area (Å²) in [4.78, 5) is 8.97. The van der Waals surface area contributed by atoms with Crippen LogP contribution in [0.5, 0.6) is 5.75 Å². The third-order valence-corrected chi connectivity index (χ3v) is 3.38. The first-order valence-corrected chi connectivity index (χ1v) is 9.27. The second-order valence-electron chi connectivity index (χ2n) is 5.11. The molecule has 1 aromatic carbocycles. The van der Waals surface area contributed by atoms with E-state index in [-0.39, 0.29) is 5.92 Å². The fourth-order valence-corrected chi connectivity index (χ4v) is 2.01. The lowest BCUT2D eigenvalue weighted by Gasteiger charge is -2.20. The minimum atomic E-state index is -3.76. The first-order valence-electron chi connectivity index (χ1n) is 6.54. The Morgan fingerprint density at radius 3 is 2.00 bits per heavy atom. The Bertz CT molecular complexity index is 481. The molecular formula is C13H24NO6PS. The number of rotatable bonds is 6. The van der Waals surface area contributed by atoms with Crippen LogP contribution in [0.4, 0.5) is 0 Å². The van der Waals surface area contributed by atoms with E-state index in [1.54, 1.807) is 12.1 Å². The van der Waals surface area contributed by atoms with Crippen LogP contribution in [-0.4, -0.2) is 45.6 Å². The number of benzene rings is 1. The van der Waals surface area contributed by atoms with Gasteiger partial charge in [-0.1, -0.05) is 32.0 Å². The average Bonchev–Trinajstić information content (AvgIpc) is 2.46. The number of para-hydroxylation sites is 1. The summed E-state index contributed by atoms with van der Waals surface area (Å²) >= 11 is 3.47. The number of thiol groups is 1. The lowest BCUT2D eigenvalue weighted by atomic mass is 10.0. The molecule has 0 saturated heterocycles. The summed E-state index contributed by atoms with van der Waals surface area (Å²) in [5.74, 6) is 0.661. The van der Waals surface area contributed by atoms with Crippen LogP contribution >= 0.6 is 19.0 Å². The summed E-state index contributed by atoms with van der Waals surface area (Å²) in [5.41, 5.74) is 4.84. The molecule has 7 nitrogen and oxygen atoms in total. The Labute approximate surface area is 135 Å². The van der Waals surface area contributed by atoms with Gasteiger partial charge >= 0.3 is 6.80 Å². The summed E-state index contributed by atoms with van der Waals surface area (Å²) in [5, 5.41) is 25.0. The van der Waals surface area contributed by atoms with Crippen LogP contribution in [-0.2, 0) is 4.57 Å². The number of aliphatic hydroxyl groups excluding tert-OH is 3. The monoisotopic (exact) mass is 353 g/mol. The van der Waals surface area contributed by atoms with Crippen molar-refractivity contribution >= 4 is 19.0 Å². The minimum absolute atomic E-state index is 0.242.